The highest BCUT2D eigenvalue weighted by Crippen LogP contribution is 1.79. The van der Waals surface area contributed by atoms with Crippen molar-refractivity contribution >= 4 is 12.4 Å². The maximum absolute atomic E-state index is 5.03. The predicted octanol–water partition coefficient (Wildman–Crippen LogP) is 2.46. The first kappa shape index (κ1) is 13.1. The van der Waals surface area contributed by atoms with E-state index in [1.165, 1.54) is 0 Å². The molecule has 0 atom stereocenters. The van der Waals surface area contributed by atoms with Gasteiger partial charge in [0.25, 0.3) is 0 Å². The molecule has 0 amide bonds. The topological polar surface area (TPSA) is 26.0 Å². The summed E-state index contributed by atoms with van der Waals surface area (Å²) in [6, 6.07) is 12.0. The van der Waals surface area contributed by atoms with Crippen molar-refractivity contribution in [2.45, 2.75) is 13.3 Å². The first-order valence-corrected chi connectivity index (χ1v) is 3.62. The second-order valence-corrected chi connectivity index (χ2v) is 1.94. The largest absolute Gasteiger partial charge is 0.330 e. The Balaban J connectivity index is 0. The van der Waals surface area contributed by atoms with Crippen molar-refractivity contribution < 1.29 is 0 Å². The highest BCUT2D eigenvalue weighted by Gasteiger charge is 1.57. The maximum atomic E-state index is 5.03. The summed E-state index contributed by atoms with van der Waals surface area (Å²) in [5.74, 6) is 0. The Morgan fingerprint density at radius 2 is 1.09 bits per heavy atom. The molecule has 0 aliphatic carbocycles. The Bertz CT molecular complexity index is 102. The minimum Gasteiger partial charge on any atom is -0.330 e. The SMILES string of the molecule is CCCN.Cl.c1ccccc1. The minimum absolute atomic E-state index is 0. The minimum atomic E-state index is 0. The van der Waals surface area contributed by atoms with Gasteiger partial charge in [-0.15, -0.1) is 12.4 Å². The second-order valence-electron chi connectivity index (χ2n) is 1.94. The first-order chi connectivity index (χ1) is 4.91. The van der Waals surface area contributed by atoms with E-state index in [1.807, 2.05) is 36.4 Å². The molecule has 11 heavy (non-hydrogen) atoms. The van der Waals surface area contributed by atoms with E-state index in [1.54, 1.807) is 0 Å². The zero-order valence-corrected chi connectivity index (χ0v) is 7.68. The second kappa shape index (κ2) is 12.2. The van der Waals surface area contributed by atoms with Crippen LogP contribution in [0.2, 0.25) is 0 Å². The summed E-state index contributed by atoms with van der Waals surface area (Å²) in [5.41, 5.74) is 5.03. The monoisotopic (exact) mass is 173 g/mol. The van der Waals surface area contributed by atoms with Gasteiger partial charge in [-0.1, -0.05) is 43.3 Å². The number of nitrogens with two attached hydrogens (primary N) is 1. The lowest BCUT2D eigenvalue weighted by Crippen LogP contribution is -1.93. The van der Waals surface area contributed by atoms with Gasteiger partial charge in [0.05, 0.1) is 0 Å². The van der Waals surface area contributed by atoms with Gasteiger partial charge in [-0.2, -0.15) is 0 Å². The normalized spacial score (nSPS) is 7.09. The smallest absolute Gasteiger partial charge is 0.00799 e. The standard InChI is InChI=1S/C6H6.C3H9N.ClH/c1-2-4-6-5-3-1;1-2-3-4;/h1-6H;2-4H2,1H3;1H. The van der Waals surface area contributed by atoms with E-state index in [4.69, 9.17) is 5.73 Å². The highest BCUT2D eigenvalue weighted by molar-refractivity contribution is 5.85. The molecule has 0 saturated heterocycles. The van der Waals surface area contributed by atoms with E-state index >= 15 is 0 Å². The molecule has 0 fully saturated rings. The van der Waals surface area contributed by atoms with Gasteiger partial charge in [0, 0.05) is 0 Å². The van der Waals surface area contributed by atoms with Gasteiger partial charge < -0.3 is 5.73 Å². The zero-order chi connectivity index (χ0) is 7.66. The van der Waals surface area contributed by atoms with Crippen molar-refractivity contribution in [2.24, 2.45) is 5.73 Å². The van der Waals surface area contributed by atoms with Crippen LogP contribution in [0.15, 0.2) is 36.4 Å². The van der Waals surface area contributed by atoms with Crippen molar-refractivity contribution in [2.75, 3.05) is 6.54 Å². The highest BCUT2D eigenvalue weighted by atomic mass is 35.5. The molecule has 2 heteroatoms. The van der Waals surface area contributed by atoms with E-state index in [0.29, 0.717) is 0 Å². The fraction of sp³-hybridized carbons (Fsp3) is 0.333. The molecule has 0 aliphatic heterocycles. The van der Waals surface area contributed by atoms with Crippen LogP contribution in [-0.4, -0.2) is 6.54 Å². The summed E-state index contributed by atoms with van der Waals surface area (Å²) in [5, 5.41) is 0. The molecule has 2 N–H and O–H groups in total. The average Bonchev–Trinajstić information content (AvgIpc) is 2.08. The van der Waals surface area contributed by atoms with E-state index in [9.17, 15) is 0 Å². The van der Waals surface area contributed by atoms with Crippen LogP contribution in [0.4, 0.5) is 0 Å². The van der Waals surface area contributed by atoms with Crippen LogP contribution < -0.4 is 5.73 Å². The van der Waals surface area contributed by atoms with E-state index in [0.717, 1.165) is 13.0 Å². The van der Waals surface area contributed by atoms with Crippen LogP contribution in [0, 0.1) is 0 Å². The fourth-order valence-corrected chi connectivity index (χ4v) is 0.385. The number of halogens is 1. The Hall–Kier alpha value is -0.530. The van der Waals surface area contributed by atoms with E-state index in [-0.39, 0.29) is 12.4 Å². The molecule has 0 saturated carbocycles. The molecule has 0 bridgehead atoms. The quantitative estimate of drug-likeness (QED) is 0.694. The first-order valence-electron chi connectivity index (χ1n) is 3.62. The third-order valence-electron chi connectivity index (χ3n) is 0.955. The van der Waals surface area contributed by atoms with Crippen LogP contribution in [-0.2, 0) is 0 Å². The molecule has 64 valence electrons. The van der Waals surface area contributed by atoms with Gasteiger partial charge in [0.2, 0.25) is 0 Å². The Morgan fingerprint density at radius 3 is 1.18 bits per heavy atom. The summed E-state index contributed by atoms with van der Waals surface area (Å²) in [6.07, 6.45) is 1.10. The van der Waals surface area contributed by atoms with Gasteiger partial charge in [-0.05, 0) is 13.0 Å². The van der Waals surface area contributed by atoms with E-state index in [2.05, 4.69) is 6.92 Å². The van der Waals surface area contributed by atoms with Crippen LogP contribution in [0.3, 0.4) is 0 Å². The zero-order valence-electron chi connectivity index (χ0n) is 6.86. The van der Waals surface area contributed by atoms with Crippen molar-refractivity contribution in [3.63, 3.8) is 0 Å². The molecule has 1 rings (SSSR count). The molecular weight excluding hydrogens is 158 g/mol. The predicted molar refractivity (Wildman–Crippen MR) is 53.0 cm³/mol. The lowest BCUT2D eigenvalue weighted by atomic mass is 10.4. The molecule has 0 aliphatic rings. The fourth-order valence-electron chi connectivity index (χ4n) is 0.385. The van der Waals surface area contributed by atoms with Crippen molar-refractivity contribution in [1.29, 1.82) is 0 Å². The van der Waals surface area contributed by atoms with Crippen LogP contribution in [0.1, 0.15) is 13.3 Å². The van der Waals surface area contributed by atoms with Gasteiger partial charge >= 0.3 is 0 Å². The molecule has 0 unspecified atom stereocenters. The van der Waals surface area contributed by atoms with Crippen molar-refractivity contribution in [3.05, 3.63) is 36.4 Å². The molecule has 0 spiro atoms. The summed E-state index contributed by atoms with van der Waals surface area (Å²) in [4.78, 5) is 0. The summed E-state index contributed by atoms with van der Waals surface area (Å²) in [6.45, 7) is 2.88. The molecule has 0 radical (unpaired) electrons. The van der Waals surface area contributed by atoms with Crippen LogP contribution in [0.25, 0.3) is 0 Å². The average molecular weight is 174 g/mol. The number of rotatable bonds is 1. The van der Waals surface area contributed by atoms with Crippen LogP contribution in [0.5, 0.6) is 0 Å². The van der Waals surface area contributed by atoms with E-state index < -0.39 is 0 Å². The lowest BCUT2D eigenvalue weighted by molar-refractivity contribution is 0.932. The Labute approximate surface area is 75.0 Å². The van der Waals surface area contributed by atoms with Crippen LogP contribution >= 0.6 is 12.4 Å². The van der Waals surface area contributed by atoms with Gasteiger partial charge in [0.1, 0.15) is 0 Å². The third-order valence-corrected chi connectivity index (χ3v) is 0.955. The van der Waals surface area contributed by atoms with Crippen molar-refractivity contribution in [3.8, 4) is 0 Å². The number of hydrogen-bond acceptors (Lipinski definition) is 1. The summed E-state index contributed by atoms with van der Waals surface area (Å²) >= 11 is 0. The van der Waals surface area contributed by atoms with Gasteiger partial charge in [-0.3, -0.25) is 0 Å². The molecule has 1 aromatic carbocycles. The lowest BCUT2D eigenvalue weighted by Gasteiger charge is -1.70. The third kappa shape index (κ3) is 12.6. The molecular formula is C9H16ClN. The van der Waals surface area contributed by atoms with Crippen molar-refractivity contribution in [1.82, 2.24) is 0 Å². The van der Waals surface area contributed by atoms with Gasteiger partial charge in [0.15, 0.2) is 0 Å². The summed E-state index contributed by atoms with van der Waals surface area (Å²) < 4.78 is 0. The Kier molecular flexibility index (Phi) is 14.5. The molecule has 1 nitrogen and oxygen atoms in total. The summed E-state index contributed by atoms with van der Waals surface area (Å²) in [7, 11) is 0. The molecule has 1 aromatic rings. The number of benzene rings is 1. The Morgan fingerprint density at radius 1 is 0.909 bits per heavy atom. The molecule has 0 aromatic heterocycles. The number of hydrogen-bond donors (Lipinski definition) is 1. The van der Waals surface area contributed by atoms with Gasteiger partial charge in [-0.25, -0.2) is 0 Å². The molecule has 0 heterocycles. The maximum Gasteiger partial charge on any atom is -0.00799 e.